The van der Waals surface area contributed by atoms with Crippen molar-refractivity contribution in [2.75, 3.05) is 39.2 Å². The number of hydrogen-bond donors (Lipinski definition) is 2. The maximum absolute atomic E-state index is 12.6. The normalized spacial score (nSPS) is 13.9. The second-order valence-corrected chi connectivity index (χ2v) is 9.05. The molecule has 0 aliphatic carbocycles. The minimum Gasteiger partial charge on any atom is -0.490 e. The van der Waals surface area contributed by atoms with Crippen LogP contribution >= 0.6 is 24.0 Å². The highest BCUT2D eigenvalue weighted by atomic mass is 127. The van der Waals surface area contributed by atoms with Crippen molar-refractivity contribution in [3.05, 3.63) is 48.0 Å². The molecule has 0 spiro atoms. The van der Waals surface area contributed by atoms with Crippen LogP contribution in [0.3, 0.4) is 0 Å². The number of benzene rings is 2. The van der Waals surface area contributed by atoms with Crippen molar-refractivity contribution >= 4 is 45.6 Å². The fourth-order valence-electron chi connectivity index (χ4n) is 2.93. The SMILES string of the molecule is CCNC(=NCc1ccccc1S(=O)(=O)N(C)C)Nc1ccc2c(c1)OCCCO2.I. The number of guanidine groups is 1. The van der Waals surface area contributed by atoms with Gasteiger partial charge in [0.15, 0.2) is 17.5 Å². The maximum atomic E-state index is 12.6. The zero-order valence-corrected chi connectivity index (χ0v) is 21.1. The Morgan fingerprint density at radius 3 is 2.52 bits per heavy atom. The highest BCUT2D eigenvalue weighted by Crippen LogP contribution is 2.32. The molecule has 31 heavy (non-hydrogen) atoms. The Labute approximate surface area is 201 Å². The monoisotopic (exact) mass is 560 g/mol. The van der Waals surface area contributed by atoms with Gasteiger partial charge in [-0.2, -0.15) is 0 Å². The molecule has 0 atom stereocenters. The highest BCUT2D eigenvalue weighted by molar-refractivity contribution is 14.0. The summed E-state index contributed by atoms with van der Waals surface area (Å²) in [5.74, 6) is 1.96. The molecule has 1 heterocycles. The number of ether oxygens (including phenoxy) is 2. The van der Waals surface area contributed by atoms with Gasteiger partial charge >= 0.3 is 0 Å². The van der Waals surface area contributed by atoms with Gasteiger partial charge in [0, 0.05) is 38.8 Å². The largest absolute Gasteiger partial charge is 0.490 e. The average molecular weight is 560 g/mol. The first-order valence-corrected chi connectivity index (χ1v) is 11.3. The quantitative estimate of drug-likeness (QED) is 0.320. The van der Waals surface area contributed by atoms with Gasteiger partial charge in [-0.05, 0) is 30.7 Å². The van der Waals surface area contributed by atoms with Crippen LogP contribution < -0.4 is 20.1 Å². The third kappa shape index (κ3) is 6.47. The molecule has 0 saturated heterocycles. The van der Waals surface area contributed by atoms with Crippen LogP contribution in [0.15, 0.2) is 52.4 Å². The van der Waals surface area contributed by atoms with E-state index < -0.39 is 10.0 Å². The van der Waals surface area contributed by atoms with Crippen molar-refractivity contribution in [3.63, 3.8) is 0 Å². The molecular weight excluding hydrogens is 531 g/mol. The lowest BCUT2D eigenvalue weighted by atomic mass is 10.2. The van der Waals surface area contributed by atoms with E-state index in [4.69, 9.17) is 9.47 Å². The van der Waals surface area contributed by atoms with E-state index in [1.54, 1.807) is 18.2 Å². The number of nitrogens with one attached hydrogen (secondary N) is 2. The Bertz CT molecular complexity index is 1010. The van der Waals surface area contributed by atoms with Crippen LogP contribution in [0.2, 0.25) is 0 Å². The molecular formula is C21H29IN4O4S. The lowest BCUT2D eigenvalue weighted by molar-refractivity contribution is 0.297. The fourth-order valence-corrected chi connectivity index (χ4v) is 4.04. The number of aliphatic imine (C=N–C) groups is 1. The second kappa shape index (κ2) is 11.5. The van der Waals surface area contributed by atoms with E-state index in [1.807, 2.05) is 31.2 Å². The summed E-state index contributed by atoms with van der Waals surface area (Å²) in [6, 6.07) is 12.5. The van der Waals surface area contributed by atoms with Crippen molar-refractivity contribution < 1.29 is 17.9 Å². The molecule has 8 nitrogen and oxygen atoms in total. The maximum Gasteiger partial charge on any atom is 0.242 e. The number of fused-ring (bicyclic) bond motifs is 1. The van der Waals surface area contributed by atoms with Crippen LogP contribution in [0, 0.1) is 0 Å². The smallest absolute Gasteiger partial charge is 0.242 e. The molecule has 170 valence electrons. The molecule has 2 N–H and O–H groups in total. The molecule has 1 aliphatic rings. The molecule has 10 heteroatoms. The molecule has 0 fully saturated rings. The van der Waals surface area contributed by atoms with Gasteiger partial charge < -0.3 is 20.1 Å². The topological polar surface area (TPSA) is 92.3 Å². The minimum absolute atomic E-state index is 0. The van der Waals surface area contributed by atoms with E-state index in [-0.39, 0.29) is 35.4 Å². The Hall–Kier alpha value is -2.05. The first kappa shape index (κ1) is 25.2. The highest BCUT2D eigenvalue weighted by Gasteiger charge is 2.20. The Morgan fingerprint density at radius 2 is 1.81 bits per heavy atom. The summed E-state index contributed by atoms with van der Waals surface area (Å²) in [4.78, 5) is 4.84. The van der Waals surface area contributed by atoms with Crippen LogP contribution in [0.25, 0.3) is 0 Å². The first-order valence-electron chi connectivity index (χ1n) is 9.87. The Morgan fingerprint density at radius 1 is 1.10 bits per heavy atom. The summed E-state index contributed by atoms with van der Waals surface area (Å²) in [6.45, 7) is 4.09. The van der Waals surface area contributed by atoms with Crippen LogP contribution in [-0.4, -0.2) is 52.5 Å². The molecule has 2 aromatic rings. The van der Waals surface area contributed by atoms with Crippen LogP contribution in [0.4, 0.5) is 5.69 Å². The Kier molecular flexibility index (Phi) is 9.38. The molecule has 2 aromatic carbocycles. The van der Waals surface area contributed by atoms with Crippen molar-refractivity contribution in [1.82, 2.24) is 9.62 Å². The van der Waals surface area contributed by atoms with Crippen molar-refractivity contribution in [2.45, 2.75) is 24.8 Å². The number of hydrogen-bond acceptors (Lipinski definition) is 5. The first-order chi connectivity index (χ1) is 14.4. The van der Waals surface area contributed by atoms with Gasteiger partial charge in [-0.25, -0.2) is 17.7 Å². The molecule has 3 rings (SSSR count). The van der Waals surface area contributed by atoms with Crippen molar-refractivity contribution in [3.8, 4) is 11.5 Å². The van der Waals surface area contributed by atoms with E-state index in [2.05, 4.69) is 15.6 Å². The van der Waals surface area contributed by atoms with E-state index in [0.29, 0.717) is 37.0 Å². The average Bonchev–Trinajstić information content (AvgIpc) is 2.97. The molecule has 0 saturated carbocycles. The van der Waals surface area contributed by atoms with Crippen LogP contribution in [0.1, 0.15) is 18.9 Å². The van der Waals surface area contributed by atoms with E-state index in [9.17, 15) is 8.42 Å². The summed E-state index contributed by atoms with van der Waals surface area (Å²) in [6.07, 6.45) is 0.844. The summed E-state index contributed by atoms with van der Waals surface area (Å²) >= 11 is 0. The molecule has 0 amide bonds. The van der Waals surface area contributed by atoms with Crippen LogP contribution in [0.5, 0.6) is 11.5 Å². The standard InChI is InChI=1S/C21H28N4O4S.HI/c1-4-22-21(24-17-10-11-18-19(14-17)29-13-7-12-28-18)23-15-16-8-5-6-9-20(16)30(26,27)25(2)3;/h5-6,8-11,14H,4,7,12-13,15H2,1-3H3,(H2,22,23,24);1H. The minimum atomic E-state index is -3.55. The number of rotatable bonds is 6. The van der Waals surface area contributed by atoms with Gasteiger partial charge in [0.2, 0.25) is 10.0 Å². The molecule has 0 unspecified atom stereocenters. The summed E-state index contributed by atoms with van der Waals surface area (Å²) in [7, 11) is -0.510. The molecule has 1 aliphatic heterocycles. The van der Waals surface area contributed by atoms with Gasteiger partial charge in [0.1, 0.15) is 0 Å². The van der Waals surface area contributed by atoms with E-state index in [0.717, 1.165) is 17.9 Å². The van der Waals surface area contributed by atoms with Crippen LogP contribution in [-0.2, 0) is 16.6 Å². The number of nitrogens with zero attached hydrogens (tertiary/aromatic N) is 2. The summed E-state index contributed by atoms with van der Waals surface area (Å²) in [5.41, 5.74) is 1.43. The van der Waals surface area contributed by atoms with Gasteiger partial charge in [0.25, 0.3) is 0 Å². The lowest BCUT2D eigenvalue weighted by Crippen LogP contribution is -2.30. The Balaban J connectivity index is 0.00000341. The molecule has 0 aromatic heterocycles. The van der Waals surface area contributed by atoms with Crippen molar-refractivity contribution in [1.29, 1.82) is 0 Å². The molecule has 0 bridgehead atoms. The molecule has 0 radical (unpaired) electrons. The second-order valence-electron chi connectivity index (χ2n) is 6.93. The number of anilines is 1. The zero-order valence-electron chi connectivity index (χ0n) is 17.9. The van der Waals surface area contributed by atoms with Gasteiger partial charge in [-0.15, -0.1) is 24.0 Å². The van der Waals surface area contributed by atoms with E-state index in [1.165, 1.54) is 18.4 Å². The van der Waals surface area contributed by atoms with Gasteiger partial charge in [0.05, 0.1) is 24.7 Å². The fraction of sp³-hybridized carbons (Fsp3) is 0.381. The van der Waals surface area contributed by atoms with Gasteiger partial charge in [-0.1, -0.05) is 18.2 Å². The van der Waals surface area contributed by atoms with E-state index >= 15 is 0 Å². The third-order valence-corrected chi connectivity index (χ3v) is 6.41. The number of sulfonamides is 1. The lowest BCUT2D eigenvalue weighted by Gasteiger charge is -2.16. The zero-order chi connectivity index (χ0) is 21.6. The summed E-state index contributed by atoms with van der Waals surface area (Å²) < 4.78 is 37.8. The predicted molar refractivity (Wildman–Crippen MR) is 133 cm³/mol. The predicted octanol–water partition coefficient (Wildman–Crippen LogP) is 3.29. The van der Waals surface area contributed by atoms with Crippen molar-refractivity contribution in [2.24, 2.45) is 4.99 Å². The number of halogens is 1. The van der Waals surface area contributed by atoms with Gasteiger partial charge in [-0.3, -0.25) is 0 Å². The third-order valence-electron chi connectivity index (χ3n) is 4.49. The summed E-state index contributed by atoms with van der Waals surface area (Å²) in [5, 5.41) is 6.43.